The van der Waals surface area contributed by atoms with Gasteiger partial charge in [-0.25, -0.2) is 4.98 Å². The average Bonchev–Trinajstić information content (AvgIpc) is 2.80. The van der Waals surface area contributed by atoms with Crippen molar-refractivity contribution in [3.63, 3.8) is 0 Å². The molecule has 0 aliphatic carbocycles. The Balaban J connectivity index is 1.80. The van der Waals surface area contributed by atoms with Gasteiger partial charge >= 0.3 is 0 Å². The lowest BCUT2D eigenvalue weighted by molar-refractivity contribution is 0.372. The van der Waals surface area contributed by atoms with Crippen molar-refractivity contribution in [1.82, 2.24) is 19.9 Å². The zero-order valence-electron chi connectivity index (χ0n) is 12.3. The van der Waals surface area contributed by atoms with Gasteiger partial charge in [-0.15, -0.1) is 0 Å². The van der Waals surface area contributed by atoms with E-state index >= 15 is 0 Å². The van der Waals surface area contributed by atoms with Gasteiger partial charge in [-0.3, -0.25) is 4.98 Å². The van der Waals surface area contributed by atoms with Crippen LogP contribution in [0.3, 0.4) is 0 Å². The first-order valence-corrected chi connectivity index (χ1v) is 7.38. The Morgan fingerprint density at radius 3 is 2.80 bits per heavy atom. The second kappa shape index (κ2) is 5.75. The van der Waals surface area contributed by atoms with Crippen molar-refractivity contribution in [2.24, 2.45) is 13.0 Å². The Labute approximate surface area is 120 Å². The van der Waals surface area contributed by atoms with E-state index in [-0.39, 0.29) is 0 Å². The molecule has 1 aliphatic heterocycles. The molecule has 0 amide bonds. The molecular weight excluding hydrogens is 248 g/mol. The van der Waals surface area contributed by atoms with Crippen LogP contribution in [0.5, 0.6) is 0 Å². The summed E-state index contributed by atoms with van der Waals surface area (Å²) in [7, 11) is 2.04. The monoisotopic (exact) mass is 270 g/mol. The van der Waals surface area contributed by atoms with E-state index in [9.17, 15) is 0 Å². The molecule has 0 spiro atoms. The van der Waals surface area contributed by atoms with Crippen LogP contribution < -0.4 is 5.32 Å². The summed E-state index contributed by atoms with van der Waals surface area (Å²) in [6.45, 7) is 4.33. The minimum atomic E-state index is 0.805. The van der Waals surface area contributed by atoms with Crippen molar-refractivity contribution >= 4 is 0 Å². The maximum atomic E-state index is 4.50. The van der Waals surface area contributed by atoms with E-state index < -0.39 is 0 Å². The number of hydrogen-bond donors (Lipinski definition) is 1. The number of imidazole rings is 1. The predicted octanol–water partition coefficient (Wildman–Crippen LogP) is 2.33. The number of rotatable bonds is 3. The summed E-state index contributed by atoms with van der Waals surface area (Å²) in [5, 5.41) is 3.42. The summed E-state index contributed by atoms with van der Waals surface area (Å²) in [5.41, 5.74) is 3.51. The van der Waals surface area contributed by atoms with Gasteiger partial charge in [-0.1, -0.05) is 0 Å². The molecule has 4 nitrogen and oxygen atoms in total. The molecule has 0 aromatic carbocycles. The summed E-state index contributed by atoms with van der Waals surface area (Å²) < 4.78 is 2.09. The minimum Gasteiger partial charge on any atom is -0.330 e. The third-order valence-electron chi connectivity index (χ3n) is 4.29. The number of piperidine rings is 1. The Morgan fingerprint density at radius 1 is 1.30 bits per heavy atom. The van der Waals surface area contributed by atoms with Crippen LogP contribution in [-0.4, -0.2) is 27.6 Å². The van der Waals surface area contributed by atoms with E-state index in [1.807, 2.05) is 26.4 Å². The SMILES string of the molecule is Cc1ncc(-c2cc(CC3CCNCC3)ccn2)n1C. The number of nitrogens with one attached hydrogen (secondary N) is 1. The Kier molecular flexibility index (Phi) is 3.83. The van der Waals surface area contributed by atoms with Gasteiger partial charge in [0.2, 0.25) is 0 Å². The first-order valence-electron chi connectivity index (χ1n) is 7.38. The molecule has 0 unspecified atom stereocenters. The fourth-order valence-corrected chi connectivity index (χ4v) is 2.90. The highest BCUT2D eigenvalue weighted by atomic mass is 15.1. The number of hydrogen-bond acceptors (Lipinski definition) is 3. The van der Waals surface area contributed by atoms with Gasteiger partial charge in [0.05, 0.1) is 17.6 Å². The summed E-state index contributed by atoms with van der Waals surface area (Å²) in [6, 6.07) is 4.37. The van der Waals surface area contributed by atoms with Gasteiger partial charge in [0.1, 0.15) is 5.82 Å². The molecule has 0 atom stereocenters. The van der Waals surface area contributed by atoms with Crippen LogP contribution in [0.25, 0.3) is 11.4 Å². The van der Waals surface area contributed by atoms with Crippen molar-refractivity contribution in [2.75, 3.05) is 13.1 Å². The van der Waals surface area contributed by atoms with Crippen LogP contribution in [0.4, 0.5) is 0 Å². The average molecular weight is 270 g/mol. The maximum Gasteiger partial charge on any atom is 0.105 e. The quantitative estimate of drug-likeness (QED) is 0.931. The molecule has 4 heteroatoms. The van der Waals surface area contributed by atoms with Gasteiger partial charge in [0.25, 0.3) is 0 Å². The van der Waals surface area contributed by atoms with Gasteiger partial charge in [0.15, 0.2) is 0 Å². The molecule has 1 N–H and O–H groups in total. The van der Waals surface area contributed by atoms with Crippen LogP contribution in [-0.2, 0) is 13.5 Å². The lowest BCUT2D eigenvalue weighted by Gasteiger charge is -2.22. The summed E-state index contributed by atoms with van der Waals surface area (Å²) in [6.07, 6.45) is 7.55. The van der Waals surface area contributed by atoms with Crippen LogP contribution in [0, 0.1) is 12.8 Å². The largest absolute Gasteiger partial charge is 0.330 e. The highest BCUT2D eigenvalue weighted by molar-refractivity contribution is 5.55. The first kappa shape index (κ1) is 13.3. The Hall–Kier alpha value is -1.68. The summed E-state index contributed by atoms with van der Waals surface area (Å²) in [5.74, 6) is 1.82. The van der Waals surface area contributed by atoms with Gasteiger partial charge < -0.3 is 9.88 Å². The fraction of sp³-hybridized carbons (Fsp3) is 0.500. The molecule has 0 radical (unpaired) electrons. The molecule has 2 aromatic rings. The van der Waals surface area contributed by atoms with Crippen LogP contribution in [0.15, 0.2) is 24.5 Å². The van der Waals surface area contributed by atoms with Crippen molar-refractivity contribution in [3.8, 4) is 11.4 Å². The van der Waals surface area contributed by atoms with Crippen molar-refractivity contribution < 1.29 is 0 Å². The molecule has 106 valence electrons. The number of aryl methyl sites for hydroxylation is 1. The van der Waals surface area contributed by atoms with Crippen LogP contribution in [0.2, 0.25) is 0 Å². The van der Waals surface area contributed by atoms with Gasteiger partial charge in [0, 0.05) is 13.2 Å². The molecule has 1 aliphatic rings. The van der Waals surface area contributed by atoms with Crippen LogP contribution in [0.1, 0.15) is 24.2 Å². The lowest BCUT2D eigenvalue weighted by atomic mass is 9.91. The van der Waals surface area contributed by atoms with E-state index in [0.717, 1.165) is 42.6 Å². The van der Waals surface area contributed by atoms with Gasteiger partial charge in [-0.2, -0.15) is 0 Å². The standard InChI is InChI=1S/C16H22N4/c1-12-19-11-16(20(12)2)15-10-14(5-8-18-15)9-13-3-6-17-7-4-13/h5,8,10-11,13,17H,3-4,6-7,9H2,1-2H3. The van der Waals surface area contributed by atoms with E-state index in [2.05, 4.69) is 32.0 Å². The van der Waals surface area contributed by atoms with Crippen LogP contribution >= 0.6 is 0 Å². The third kappa shape index (κ3) is 2.75. The molecule has 3 heterocycles. The van der Waals surface area contributed by atoms with E-state index in [1.54, 1.807) is 0 Å². The number of pyridine rings is 1. The highest BCUT2D eigenvalue weighted by Crippen LogP contribution is 2.22. The molecule has 1 saturated heterocycles. The van der Waals surface area contributed by atoms with E-state index in [0.29, 0.717) is 0 Å². The predicted molar refractivity (Wildman–Crippen MR) is 80.5 cm³/mol. The van der Waals surface area contributed by atoms with Crippen molar-refractivity contribution in [2.45, 2.75) is 26.2 Å². The fourth-order valence-electron chi connectivity index (χ4n) is 2.90. The van der Waals surface area contributed by atoms with E-state index in [1.165, 1.54) is 18.4 Å². The number of nitrogens with zero attached hydrogens (tertiary/aromatic N) is 3. The summed E-state index contributed by atoms with van der Waals surface area (Å²) >= 11 is 0. The highest BCUT2D eigenvalue weighted by Gasteiger charge is 2.14. The molecule has 0 saturated carbocycles. The maximum absolute atomic E-state index is 4.50. The molecule has 2 aromatic heterocycles. The third-order valence-corrected chi connectivity index (χ3v) is 4.29. The lowest BCUT2D eigenvalue weighted by Crippen LogP contribution is -2.28. The Morgan fingerprint density at radius 2 is 2.10 bits per heavy atom. The molecule has 0 bridgehead atoms. The number of aromatic nitrogens is 3. The first-order chi connectivity index (χ1) is 9.74. The molecule has 20 heavy (non-hydrogen) atoms. The normalized spacial score (nSPS) is 16.5. The summed E-state index contributed by atoms with van der Waals surface area (Å²) in [4.78, 5) is 8.86. The topological polar surface area (TPSA) is 42.7 Å². The van der Waals surface area contributed by atoms with Crippen molar-refractivity contribution in [1.29, 1.82) is 0 Å². The zero-order chi connectivity index (χ0) is 13.9. The minimum absolute atomic E-state index is 0.805. The Bertz CT molecular complexity index is 582. The smallest absolute Gasteiger partial charge is 0.105 e. The van der Waals surface area contributed by atoms with Crippen molar-refractivity contribution in [3.05, 3.63) is 35.9 Å². The molecule has 3 rings (SSSR count). The zero-order valence-corrected chi connectivity index (χ0v) is 12.3. The molecule has 1 fully saturated rings. The second-order valence-electron chi connectivity index (χ2n) is 5.70. The van der Waals surface area contributed by atoms with E-state index in [4.69, 9.17) is 0 Å². The van der Waals surface area contributed by atoms with Gasteiger partial charge in [-0.05, 0) is 62.9 Å². The molecular formula is C16H22N4. The second-order valence-corrected chi connectivity index (χ2v) is 5.70.